The number of rotatable bonds is 3. The average Bonchev–Trinajstić information content (AvgIpc) is 3.21. The third-order valence-corrected chi connectivity index (χ3v) is 7.22. The zero-order chi connectivity index (χ0) is 15.1. The number of nitrogens with one attached hydrogen (secondary N) is 1. The first-order valence-corrected chi connectivity index (χ1v) is 9.60. The molecule has 116 valence electrons. The van der Waals surface area contributed by atoms with E-state index >= 15 is 0 Å². The fraction of sp³-hybridized carbons (Fsp3) is 0.471. The number of nitrogens with zero attached hydrogens (tertiary/aromatic N) is 1. The van der Waals surface area contributed by atoms with Crippen LogP contribution < -0.4 is 5.32 Å². The molecule has 3 aliphatic heterocycles. The van der Waals surface area contributed by atoms with E-state index in [1.165, 1.54) is 35.7 Å². The van der Waals surface area contributed by atoms with Crippen LogP contribution in [0.1, 0.15) is 29.4 Å². The number of thiophene rings is 2. The summed E-state index contributed by atoms with van der Waals surface area (Å²) in [6.45, 7) is 4.64. The fourth-order valence-electron chi connectivity index (χ4n) is 3.78. The summed E-state index contributed by atoms with van der Waals surface area (Å²) in [4.78, 5) is 18.4. The van der Waals surface area contributed by atoms with E-state index in [0.29, 0.717) is 18.0 Å². The van der Waals surface area contributed by atoms with Crippen LogP contribution in [-0.2, 0) is 0 Å². The van der Waals surface area contributed by atoms with E-state index in [1.54, 1.807) is 22.7 Å². The first-order valence-electron chi connectivity index (χ1n) is 7.91. The Hall–Kier alpha value is -1.17. The highest BCUT2D eigenvalue weighted by Gasteiger charge is 2.40. The molecule has 3 saturated heterocycles. The molecule has 0 spiro atoms. The molecule has 5 heteroatoms. The molecule has 0 radical (unpaired) electrons. The molecule has 0 unspecified atom stereocenters. The van der Waals surface area contributed by atoms with E-state index in [0.717, 1.165) is 4.88 Å². The van der Waals surface area contributed by atoms with Crippen molar-refractivity contribution in [2.45, 2.75) is 31.8 Å². The molecule has 5 heterocycles. The van der Waals surface area contributed by atoms with Crippen LogP contribution in [0.5, 0.6) is 0 Å². The van der Waals surface area contributed by atoms with Crippen molar-refractivity contribution in [1.82, 2.24) is 10.2 Å². The summed E-state index contributed by atoms with van der Waals surface area (Å²) in [6, 6.07) is 8.95. The Kier molecular flexibility index (Phi) is 3.80. The number of carbonyl (C=O) groups excluding carboxylic acids is 1. The first kappa shape index (κ1) is 14.4. The summed E-state index contributed by atoms with van der Waals surface area (Å²) in [5.41, 5.74) is 0. The van der Waals surface area contributed by atoms with E-state index in [2.05, 4.69) is 34.7 Å². The second-order valence-corrected chi connectivity index (χ2v) is 8.29. The standard InChI is InChI=1S/C17H20N2OS2/c1-11-16(12-6-8-19(11)9-7-12)18-17(20)15-5-4-14(22-15)13-3-2-10-21-13/h2-5,10-12,16H,6-9H2,1H3,(H,18,20)/t11-,16-/m0/s1. The molecule has 3 fully saturated rings. The van der Waals surface area contributed by atoms with Crippen molar-refractivity contribution < 1.29 is 4.79 Å². The highest BCUT2D eigenvalue weighted by Crippen LogP contribution is 2.34. The molecule has 2 aromatic rings. The monoisotopic (exact) mass is 332 g/mol. The van der Waals surface area contributed by atoms with Crippen LogP contribution in [0.4, 0.5) is 0 Å². The second kappa shape index (κ2) is 5.80. The van der Waals surface area contributed by atoms with Crippen LogP contribution in [0, 0.1) is 5.92 Å². The lowest BCUT2D eigenvalue weighted by Gasteiger charge is -2.49. The highest BCUT2D eigenvalue weighted by atomic mass is 32.1. The molecular weight excluding hydrogens is 312 g/mol. The average molecular weight is 332 g/mol. The van der Waals surface area contributed by atoms with Gasteiger partial charge < -0.3 is 5.32 Å². The molecule has 3 aliphatic rings. The van der Waals surface area contributed by atoms with Crippen molar-refractivity contribution in [3.8, 4) is 9.75 Å². The number of amides is 1. The lowest BCUT2D eigenvalue weighted by atomic mass is 9.79. The Morgan fingerprint density at radius 3 is 2.73 bits per heavy atom. The lowest BCUT2D eigenvalue weighted by molar-refractivity contribution is 0.0218. The van der Waals surface area contributed by atoms with Gasteiger partial charge in [0.15, 0.2) is 0 Å². The van der Waals surface area contributed by atoms with Gasteiger partial charge in [-0.1, -0.05) is 6.07 Å². The highest BCUT2D eigenvalue weighted by molar-refractivity contribution is 7.22. The predicted octanol–water partition coefficient (Wildman–Crippen LogP) is 3.69. The Labute approximate surface area is 139 Å². The zero-order valence-electron chi connectivity index (χ0n) is 12.6. The van der Waals surface area contributed by atoms with Crippen molar-refractivity contribution in [3.05, 3.63) is 34.5 Å². The van der Waals surface area contributed by atoms with Gasteiger partial charge in [0, 0.05) is 21.8 Å². The third kappa shape index (κ3) is 2.51. The predicted molar refractivity (Wildman–Crippen MR) is 92.6 cm³/mol. The van der Waals surface area contributed by atoms with Crippen LogP contribution in [0.15, 0.2) is 29.6 Å². The zero-order valence-corrected chi connectivity index (χ0v) is 14.3. The van der Waals surface area contributed by atoms with Gasteiger partial charge in [-0.2, -0.15) is 0 Å². The molecule has 5 rings (SSSR count). The summed E-state index contributed by atoms with van der Waals surface area (Å²) in [5, 5.41) is 5.38. The second-order valence-electron chi connectivity index (χ2n) is 6.25. The Bertz CT molecular complexity index is 654. The van der Waals surface area contributed by atoms with E-state index < -0.39 is 0 Å². The number of fused-ring (bicyclic) bond motifs is 3. The van der Waals surface area contributed by atoms with Crippen molar-refractivity contribution >= 4 is 28.6 Å². The topological polar surface area (TPSA) is 32.3 Å². The molecule has 0 aliphatic carbocycles. The molecular formula is C17H20N2OS2. The van der Waals surface area contributed by atoms with Crippen LogP contribution in [0.3, 0.4) is 0 Å². The molecule has 2 bridgehead atoms. The fourth-order valence-corrected chi connectivity index (χ4v) is 5.52. The molecule has 0 saturated carbocycles. The molecule has 0 aromatic carbocycles. The summed E-state index contributed by atoms with van der Waals surface area (Å²) >= 11 is 3.31. The first-order chi connectivity index (χ1) is 10.7. The summed E-state index contributed by atoms with van der Waals surface area (Å²) < 4.78 is 0. The number of carbonyl (C=O) groups is 1. The minimum atomic E-state index is 0.0957. The summed E-state index contributed by atoms with van der Waals surface area (Å²) in [5.74, 6) is 0.749. The van der Waals surface area contributed by atoms with Crippen molar-refractivity contribution in [1.29, 1.82) is 0 Å². The molecule has 2 aromatic heterocycles. The summed E-state index contributed by atoms with van der Waals surface area (Å²) in [6.07, 6.45) is 2.44. The van der Waals surface area contributed by atoms with Gasteiger partial charge >= 0.3 is 0 Å². The quantitative estimate of drug-likeness (QED) is 0.930. The van der Waals surface area contributed by atoms with Gasteiger partial charge in [-0.25, -0.2) is 0 Å². The molecule has 1 N–H and O–H groups in total. The molecule has 1 amide bonds. The third-order valence-electron chi connectivity index (χ3n) is 5.07. The van der Waals surface area contributed by atoms with Crippen molar-refractivity contribution in [2.24, 2.45) is 5.92 Å². The lowest BCUT2D eigenvalue weighted by Crippen LogP contribution is -2.62. The van der Waals surface area contributed by atoms with E-state index in [-0.39, 0.29) is 5.91 Å². The van der Waals surface area contributed by atoms with Crippen molar-refractivity contribution in [2.75, 3.05) is 13.1 Å². The Morgan fingerprint density at radius 2 is 2.05 bits per heavy atom. The van der Waals surface area contributed by atoms with E-state index in [9.17, 15) is 4.79 Å². The van der Waals surface area contributed by atoms with Crippen LogP contribution >= 0.6 is 22.7 Å². The smallest absolute Gasteiger partial charge is 0.261 e. The maximum Gasteiger partial charge on any atom is 0.261 e. The van der Waals surface area contributed by atoms with Gasteiger partial charge in [-0.15, -0.1) is 22.7 Å². The Morgan fingerprint density at radius 1 is 1.23 bits per heavy atom. The van der Waals surface area contributed by atoms with Gasteiger partial charge in [0.2, 0.25) is 0 Å². The van der Waals surface area contributed by atoms with Gasteiger partial charge in [-0.05, 0) is 62.4 Å². The van der Waals surface area contributed by atoms with Crippen LogP contribution in [-0.4, -0.2) is 36.0 Å². The Balaban J connectivity index is 1.48. The van der Waals surface area contributed by atoms with Gasteiger partial charge in [0.25, 0.3) is 5.91 Å². The minimum Gasteiger partial charge on any atom is -0.347 e. The van der Waals surface area contributed by atoms with Gasteiger partial charge in [0.05, 0.1) is 4.88 Å². The molecule has 22 heavy (non-hydrogen) atoms. The van der Waals surface area contributed by atoms with E-state index in [4.69, 9.17) is 0 Å². The maximum atomic E-state index is 12.6. The number of hydrogen-bond donors (Lipinski definition) is 1. The maximum absolute atomic E-state index is 12.6. The number of hydrogen-bond acceptors (Lipinski definition) is 4. The number of piperidine rings is 3. The SMILES string of the molecule is C[C@H]1[C@H](NC(=O)c2ccc(-c3cccs3)s2)C2CCN1CC2. The van der Waals surface area contributed by atoms with Crippen LogP contribution in [0.2, 0.25) is 0 Å². The van der Waals surface area contributed by atoms with Gasteiger partial charge in [-0.3, -0.25) is 9.69 Å². The summed E-state index contributed by atoms with van der Waals surface area (Å²) in [7, 11) is 0. The van der Waals surface area contributed by atoms with Crippen LogP contribution in [0.25, 0.3) is 9.75 Å². The normalized spacial score (nSPS) is 30.4. The largest absolute Gasteiger partial charge is 0.347 e. The minimum absolute atomic E-state index is 0.0957. The van der Waals surface area contributed by atoms with Crippen molar-refractivity contribution in [3.63, 3.8) is 0 Å². The van der Waals surface area contributed by atoms with Gasteiger partial charge in [0.1, 0.15) is 0 Å². The molecule has 2 atom stereocenters. The van der Waals surface area contributed by atoms with E-state index in [1.807, 2.05) is 12.1 Å². The molecule has 3 nitrogen and oxygen atoms in total.